The second-order valence-electron chi connectivity index (χ2n) is 11.2. The number of rotatable bonds is 3. The minimum atomic E-state index is 0.741. The average Bonchev–Trinajstić information content (AvgIpc) is 3.68. The Labute approximate surface area is 255 Å². The zero-order valence-electron chi connectivity index (χ0n) is 24.0. The first-order valence-electron chi connectivity index (χ1n) is 15.0. The van der Waals surface area contributed by atoms with E-state index >= 15 is 0 Å². The molecule has 2 aliphatic rings. The van der Waals surface area contributed by atoms with Crippen LogP contribution in [-0.2, 0) is 0 Å². The Morgan fingerprint density at radius 1 is 0.591 bits per heavy atom. The van der Waals surface area contributed by atoms with Crippen LogP contribution in [0, 0.1) is 0 Å². The standard InChI is InChI=1S/C40H28N4/c1-3-13-28(14-4-1)30-17-7-8-18-31(30)35-27-41-40(43-25-12-11-20-36(35)43)44-38-21-10-9-19-32(38)33-22-23-37-34(39(33)44)24-26-42(37)29-15-5-2-6-16-29/h1-24,26-27H,25H2. The predicted molar refractivity (Wildman–Crippen MR) is 183 cm³/mol. The average molecular weight is 565 g/mol. The van der Waals surface area contributed by atoms with Crippen molar-refractivity contribution >= 4 is 44.2 Å². The highest BCUT2D eigenvalue weighted by Crippen LogP contribution is 2.40. The Bertz CT molecular complexity index is 2350. The van der Waals surface area contributed by atoms with Crippen molar-refractivity contribution in [3.8, 4) is 16.8 Å². The summed E-state index contributed by atoms with van der Waals surface area (Å²) in [5.74, 6) is 0.910. The first kappa shape index (κ1) is 24.7. The molecule has 0 saturated heterocycles. The quantitative estimate of drug-likeness (QED) is 0.210. The van der Waals surface area contributed by atoms with Gasteiger partial charge in [0.1, 0.15) is 0 Å². The van der Waals surface area contributed by atoms with Crippen LogP contribution in [0.25, 0.3) is 55.1 Å². The highest BCUT2D eigenvalue weighted by Gasteiger charge is 2.29. The van der Waals surface area contributed by atoms with Gasteiger partial charge in [0, 0.05) is 46.4 Å². The molecule has 0 atom stereocenters. The second kappa shape index (κ2) is 9.85. The molecular weight excluding hydrogens is 536 g/mol. The van der Waals surface area contributed by atoms with Crippen molar-refractivity contribution in [3.63, 3.8) is 0 Å². The SMILES string of the molecule is C1=CCN2C(=C1)C(c1ccccc1-c1ccccc1)=CN=C2n1c2ccccc2c2ccc3c(ccn3-c3ccccc3)c21. The van der Waals surface area contributed by atoms with Gasteiger partial charge in [0.2, 0.25) is 5.96 Å². The van der Waals surface area contributed by atoms with Crippen LogP contribution in [0.4, 0.5) is 0 Å². The summed E-state index contributed by atoms with van der Waals surface area (Å²) in [6.07, 6.45) is 10.8. The summed E-state index contributed by atoms with van der Waals surface area (Å²) in [4.78, 5) is 7.64. The van der Waals surface area contributed by atoms with E-state index in [0.29, 0.717) is 0 Å². The summed E-state index contributed by atoms with van der Waals surface area (Å²) in [6.45, 7) is 0.741. The van der Waals surface area contributed by atoms with Crippen molar-refractivity contribution in [1.29, 1.82) is 0 Å². The summed E-state index contributed by atoms with van der Waals surface area (Å²) in [5, 5.41) is 3.65. The van der Waals surface area contributed by atoms with Gasteiger partial charge >= 0.3 is 0 Å². The van der Waals surface area contributed by atoms with Crippen LogP contribution in [0.2, 0.25) is 0 Å². The van der Waals surface area contributed by atoms with Gasteiger partial charge in [0.25, 0.3) is 0 Å². The lowest BCUT2D eigenvalue weighted by Crippen LogP contribution is -2.38. The molecular formula is C40H28N4. The third kappa shape index (κ3) is 3.68. The third-order valence-corrected chi connectivity index (χ3v) is 8.83. The molecule has 0 unspecified atom stereocenters. The van der Waals surface area contributed by atoms with Gasteiger partial charge in [-0.2, -0.15) is 0 Å². The Morgan fingerprint density at radius 2 is 1.34 bits per heavy atom. The van der Waals surface area contributed by atoms with Gasteiger partial charge < -0.3 is 9.47 Å². The summed E-state index contributed by atoms with van der Waals surface area (Å²) >= 11 is 0. The van der Waals surface area contributed by atoms with Crippen LogP contribution < -0.4 is 0 Å². The Morgan fingerprint density at radius 3 is 2.20 bits per heavy atom. The monoisotopic (exact) mass is 564 g/mol. The predicted octanol–water partition coefficient (Wildman–Crippen LogP) is 9.42. The minimum absolute atomic E-state index is 0.741. The lowest BCUT2D eigenvalue weighted by atomic mass is 9.92. The van der Waals surface area contributed by atoms with Crippen LogP contribution in [0.3, 0.4) is 0 Å². The van der Waals surface area contributed by atoms with Crippen LogP contribution in [0.1, 0.15) is 5.56 Å². The van der Waals surface area contributed by atoms with E-state index in [-0.39, 0.29) is 0 Å². The number of fused-ring (bicyclic) bond motifs is 6. The van der Waals surface area contributed by atoms with E-state index in [4.69, 9.17) is 4.99 Å². The van der Waals surface area contributed by atoms with E-state index in [1.54, 1.807) is 0 Å². The van der Waals surface area contributed by atoms with Crippen LogP contribution in [-0.4, -0.2) is 26.5 Å². The van der Waals surface area contributed by atoms with Crippen molar-refractivity contribution in [1.82, 2.24) is 14.0 Å². The first-order chi connectivity index (χ1) is 21.9. The van der Waals surface area contributed by atoms with Crippen molar-refractivity contribution in [2.45, 2.75) is 0 Å². The van der Waals surface area contributed by atoms with E-state index in [9.17, 15) is 0 Å². The van der Waals surface area contributed by atoms with E-state index in [1.807, 2.05) is 0 Å². The van der Waals surface area contributed by atoms with Crippen molar-refractivity contribution < 1.29 is 0 Å². The van der Waals surface area contributed by atoms with Crippen LogP contribution >= 0.6 is 0 Å². The van der Waals surface area contributed by atoms with Gasteiger partial charge in [-0.3, -0.25) is 4.57 Å². The number of allylic oxidation sites excluding steroid dienone is 3. The molecule has 0 N–H and O–H groups in total. The van der Waals surface area contributed by atoms with E-state index in [0.717, 1.165) is 35.0 Å². The number of para-hydroxylation sites is 2. The van der Waals surface area contributed by atoms with Gasteiger partial charge in [-0.15, -0.1) is 0 Å². The minimum Gasteiger partial charge on any atom is -0.316 e. The fourth-order valence-corrected chi connectivity index (χ4v) is 6.87. The zero-order valence-corrected chi connectivity index (χ0v) is 24.0. The molecule has 9 rings (SSSR count). The molecule has 2 aromatic heterocycles. The number of benzene rings is 5. The van der Waals surface area contributed by atoms with E-state index in [1.165, 1.54) is 43.9 Å². The molecule has 7 aromatic rings. The van der Waals surface area contributed by atoms with Gasteiger partial charge in [-0.1, -0.05) is 109 Å². The molecule has 208 valence electrons. The van der Waals surface area contributed by atoms with Crippen molar-refractivity contribution in [2.24, 2.45) is 4.99 Å². The maximum atomic E-state index is 5.28. The lowest BCUT2D eigenvalue weighted by Gasteiger charge is -2.34. The molecule has 0 radical (unpaired) electrons. The fraction of sp³-hybridized carbons (Fsp3) is 0.0250. The summed E-state index contributed by atoms with van der Waals surface area (Å²) in [6, 6.07) is 45.2. The Kier molecular flexibility index (Phi) is 5.53. The molecule has 0 aliphatic carbocycles. The van der Waals surface area contributed by atoms with E-state index < -0.39 is 0 Å². The molecule has 4 heterocycles. The second-order valence-corrected chi connectivity index (χ2v) is 11.2. The van der Waals surface area contributed by atoms with Gasteiger partial charge in [0.05, 0.1) is 22.2 Å². The summed E-state index contributed by atoms with van der Waals surface area (Å²) < 4.78 is 4.64. The lowest BCUT2D eigenvalue weighted by molar-refractivity contribution is 0.562. The van der Waals surface area contributed by atoms with Crippen molar-refractivity contribution in [3.05, 3.63) is 169 Å². The number of hydrogen-bond donors (Lipinski definition) is 0. The number of aromatic nitrogens is 2. The maximum Gasteiger partial charge on any atom is 0.215 e. The normalized spacial score (nSPS) is 14.5. The Balaban J connectivity index is 1.31. The molecule has 0 spiro atoms. The van der Waals surface area contributed by atoms with Gasteiger partial charge in [-0.05, 0) is 53.1 Å². The molecule has 2 aliphatic heterocycles. The molecule has 5 aromatic carbocycles. The van der Waals surface area contributed by atoms with E-state index in [2.05, 4.69) is 172 Å². The zero-order chi connectivity index (χ0) is 29.0. The van der Waals surface area contributed by atoms with Crippen LogP contribution in [0.15, 0.2) is 169 Å². The highest BCUT2D eigenvalue weighted by molar-refractivity contribution is 6.22. The number of nitrogens with zero attached hydrogens (tertiary/aromatic N) is 4. The molecule has 4 nitrogen and oxygen atoms in total. The first-order valence-corrected chi connectivity index (χ1v) is 15.0. The highest BCUT2D eigenvalue weighted by atomic mass is 15.3. The Hall–Kier alpha value is -5.87. The fourth-order valence-electron chi connectivity index (χ4n) is 6.87. The van der Waals surface area contributed by atoms with Gasteiger partial charge in [-0.25, -0.2) is 4.99 Å². The molecule has 0 bridgehead atoms. The maximum absolute atomic E-state index is 5.28. The van der Waals surface area contributed by atoms with Gasteiger partial charge in [0.15, 0.2) is 0 Å². The van der Waals surface area contributed by atoms with Crippen molar-refractivity contribution in [2.75, 3.05) is 6.54 Å². The molecule has 0 amide bonds. The molecule has 4 heteroatoms. The molecule has 0 fully saturated rings. The number of aliphatic imine (C=N–C) groups is 1. The largest absolute Gasteiger partial charge is 0.316 e. The topological polar surface area (TPSA) is 25.5 Å². The third-order valence-electron chi connectivity index (χ3n) is 8.83. The summed E-state index contributed by atoms with van der Waals surface area (Å²) in [7, 11) is 0. The smallest absolute Gasteiger partial charge is 0.215 e. The number of hydrogen-bond acceptors (Lipinski definition) is 2. The summed E-state index contributed by atoms with van der Waals surface area (Å²) in [5.41, 5.74) is 10.5. The van der Waals surface area contributed by atoms with Crippen LogP contribution in [0.5, 0.6) is 0 Å². The molecule has 44 heavy (non-hydrogen) atoms. The molecule has 0 saturated carbocycles.